The summed E-state index contributed by atoms with van der Waals surface area (Å²) >= 11 is 0. The Labute approximate surface area is 82.6 Å². The molecular formula is C6H6IrNPt-. The van der Waals surface area contributed by atoms with Gasteiger partial charge in [0.15, 0.2) is 0 Å². The molecule has 0 aliphatic carbocycles. The van der Waals surface area contributed by atoms with Crippen molar-refractivity contribution in [1.29, 1.82) is 0 Å². The first-order valence-corrected chi connectivity index (χ1v) is 2.16. The zero-order valence-electron chi connectivity index (χ0n) is 4.54. The molecule has 0 atom stereocenters. The van der Waals surface area contributed by atoms with Gasteiger partial charge in [-0.15, -0.1) is 5.69 Å². The van der Waals surface area contributed by atoms with Crippen LogP contribution in [0.5, 0.6) is 0 Å². The summed E-state index contributed by atoms with van der Waals surface area (Å²) < 4.78 is 0. The van der Waals surface area contributed by atoms with Crippen molar-refractivity contribution in [3.8, 4) is 0 Å². The molecule has 1 rings (SSSR count). The van der Waals surface area contributed by atoms with Gasteiger partial charge < -0.3 is 5.73 Å². The summed E-state index contributed by atoms with van der Waals surface area (Å²) in [5, 5.41) is 0. The molecular weight excluding hydrogens is 473 g/mol. The SMILES string of the molecule is [Ir].[NH-]c1ccccc1.[Pt]. The summed E-state index contributed by atoms with van der Waals surface area (Å²) in [4.78, 5) is 0. The number of hydrogen-bond acceptors (Lipinski definition) is 0. The van der Waals surface area contributed by atoms with Gasteiger partial charge in [0.1, 0.15) is 0 Å². The van der Waals surface area contributed by atoms with Crippen LogP contribution in [0.2, 0.25) is 0 Å². The Morgan fingerprint density at radius 3 is 1.67 bits per heavy atom. The van der Waals surface area contributed by atoms with Gasteiger partial charge in [0.2, 0.25) is 0 Å². The third kappa shape index (κ3) is 4.84. The zero-order chi connectivity index (χ0) is 5.11. The minimum Gasteiger partial charge on any atom is -0.699 e. The first-order chi connectivity index (χ1) is 3.39. The predicted octanol–water partition coefficient (Wildman–Crippen LogP) is 2.37. The maximum Gasteiger partial charge on any atom is 0 e. The molecule has 1 aromatic rings. The summed E-state index contributed by atoms with van der Waals surface area (Å²) in [7, 11) is 0. The van der Waals surface area contributed by atoms with Gasteiger partial charge >= 0.3 is 0 Å². The van der Waals surface area contributed by atoms with E-state index in [0.29, 0.717) is 5.69 Å². The summed E-state index contributed by atoms with van der Waals surface area (Å²) in [6, 6.07) is 9.10. The molecule has 1 radical (unpaired) electrons. The Morgan fingerprint density at radius 2 is 1.44 bits per heavy atom. The third-order valence-electron chi connectivity index (χ3n) is 0.774. The van der Waals surface area contributed by atoms with Gasteiger partial charge in [-0.2, -0.15) is 0 Å². The Balaban J connectivity index is 0. The fourth-order valence-corrected chi connectivity index (χ4v) is 0.438. The molecule has 1 nitrogen and oxygen atoms in total. The van der Waals surface area contributed by atoms with Crippen molar-refractivity contribution < 1.29 is 41.2 Å². The quantitative estimate of drug-likeness (QED) is 0.546. The van der Waals surface area contributed by atoms with Gasteiger partial charge in [0.25, 0.3) is 0 Å². The van der Waals surface area contributed by atoms with Crippen LogP contribution in [-0.4, -0.2) is 0 Å². The molecule has 0 fully saturated rings. The smallest absolute Gasteiger partial charge is 0 e. The van der Waals surface area contributed by atoms with Crippen LogP contribution in [0.4, 0.5) is 5.69 Å². The van der Waals surface area contributed by atoms with Gasteiger partial charge in [0, 0.05) is 41.2 Å². The molecule has 55 valence electrons. The molecule has 0 saturated heterocycles. The molecule has 0 unspecified atom stereocenters. The van der Waals surface area contributed by atoms with Crippen LogP contribution >= 0.6 is 0 Å². The van der Waals surface area contributed by atoms with Crippen LogP contribution in [0, 0.1) is 0 Å². The van der Waals surface area contributed by atoms with Crippen molar-refractivity contribution in [2.75, 3.05) is 0 Å². The predicted molar refractivity (Wildman–Crippen MR) is 30.4 cm³/mol. The van der Waals surface area contributed by atoms with E-state index in [1.54, 1.807) is 12.1 Å². The van der Waals surface area contributed by atoms with E-state index < -0.39 is 0 Å². The second kappa shape index (κ2) is 6.48. The van der Waals surface area contributed by atoms with Crippen LogP contribution in [0.15, 0.2) is 30.3 Å². The van der Waals surface area contributed by atoms with E-state index in [1.165, 1.54) is 0 Å². The number of benzene rings is 1. The largest absolute Gasteiger partial charge is 0.699 e. The number of hydrogen-bond donors (Lipinski definition) is 0. The average Bonchev–Trinajstić information content (AvgIpc) is 1.69. The third-order valence-corrected chi connectivity index (χ3v) is 0.774. The molecule has 0 amide bonds. The number of rotatable bonds is 0. The standard InChI is InChI=1S/C6H6N.Ir.Pt/c7-6-4-2-1-3-5-6;;/h1-5,7H;;/q-1;;. The Bertz CT molecular complexity index is 143. The maximum absolute atomic E-state index is 7.00. The monoisotopic (exact) mass is 480 g/mol. The molecule has 0 bridgehead atoms. The number of nitrogens with one attached hydrogen (secondary N) is 1. The Kier molecular flexibility index (Phi) is 8.69. The van der Waals surface area contributed by atoms with E-state index in [1.807, 2.05) is 18.2 Å². The maximum atomic E-state index is 7.00. The molecule has 0 aliphatic rings. The molecule has 0 aliphatic heterocycles. The molecule has 0 heterocycles. The summed E-state index contributed by atoms with van der Waals surface area (Å²) in [5.41, 5.74) is 7.57. The first kappa shape index (κ1) is 12.1. The second-order valence-corrected chi connectivity index (χ2v) is 1.37. The normalized spacial score (nSPS) is 6.67. The molecule has 1 aromatic carbocycles. The topological polar surface area (TPSA) is 23.8 Å². The van der Waals surface area contributed by atoms with Gasteiger partial charge in [-0.1, -0.05) is 30.3 Å². The molecule has 0 spiro atoms. The minimum atomic E-state index is 0. The van der Waals surface area contributed by atoms with Crippen LogP contribution < -0.4 is 0 Å². The summed E-state index contributed by atoms with van der Waals surface area (Å²) in [5.74, 6) is 0. The zero-order valence-corrected chi connectivity index (χ0v) is 9.20. The van der Waals surface area contributed by atoms with Gasteiger partial charge in [-0.25, -0.2) is 0 Å². The van der Waals surface area contributed by atoms with E-state index in [9.17, 15) is 0 Å². The minimum absolute atomic E-state index is 0. The van der Waals surface area contributed by atoms with E-state index >= 15 is 0 Å². The molecule has 0 aromatic heterocycles. The average molecular weight is 479 g/mol. The Morgan fingerprint density at radius 1 is 1.00 bits per heavy atom. The van der Waals surface area contributed by atoms with E-state index in [2.05, 4.69) is 0 Å². The molecule has 3 heteroatoms. The van der Waals surface area contributed by atoms with Gasteiger partial charge in [-0.05, 0) is 0 Å². The van der Waals surface area contributed by atoms with Crippen LogP contribution in [0.3, 0.4) is 0 Å². The van der Waals surface area contributed by atoms with Crippen LogP contribution in [-0.2, 0) is 41.2 Å². The van der Waals surface area contributed by atoms with Crippen molar-refractivity contribution in [2.24, 2.45) is 0 Å². The van der Waals surface area contributed by atoms with E-state index in [4.69, 9.17) is 5.73 Å². The fraction of sp³-hybridized carbons (Fsp3) is 0. The summed E-state index contributed by atoms with van der Waals surface area (Å²) in [6.45, 7) is 0. The second-order valence-electron chi connectivity index (χ2n) is 1.37. The fourth-order valence-electron chi connectivity index (χ4n) is 0.438. The Hall–Kier alpha value is 0.358. The van der Waals surface area contributed by atoms with Gasteiger partial charge in [-0.3, -0.25) is 0 Å². The van der Waals surface area contributed by atoms with Crippen molar-refractivity contribution in [1.82, 2.24) is 0 Å². The van der Waals surface area contributed by atoms with Crippen molar-refractivity contribution in [2.45, 2.75) is 0 Å². The van der Waals surface area contributed by atoms with E-state index in [0.717, 1.165) is 0 Å². The van der Waals surface area contributed by atoms with Crippen molar-refractivity contribution in [3.63, 3.8) is 0 Å². The van der Waals surface area contributed by atoms with Crippen molar-refractivity contribution >= 4 is 5.69 Å². The molecule has 0 saturated carbocycles. The molecule has 1 N–H and O–H groups in total. The van der Waals surface area contributed by atoms with Gasteiger partial charge in [0.05, 0.1) is 0 Å². The first-order valence-electron chi connectivity index (χ1n) is 2.16. The van der Waals surface area contributed by atoms with Crippen LogP contribution in [0.25, 0.3) is 5.73 Å². The van der Waals surface area contributed by atoms with Crippen LogP contribution in [0.1, 0.15) is 0 Å². The van der Waals surface area contributed by atoms with Crippen molar-refractivity contribution in [3.05, 3.63) is 36.1 Å². The summed E-state index contributed by atoms with van der Waals surface area (Å²) in [6.07, 6.45) is 0. The van der Waals surface area contributed by atoms with E-state index in [-0.39, 0.29) is 41.2 Å². The molecule has 9 heavy (non-hydrogen) atoms.